The first kappa shape index (κ1) is 28.9. The van der Waals surface area contributed by atoms with Crippen LogP contribution in [0.4, 0.5) is 0 Å². The second-order valence-corrected chi connectivity index (χ2v) is 8.86. The summed E-state index contributed by atoms with van der Waals surface area (Å²) in [5, 5.41) is 19.4. The maximum absolute atomic E-state index is 12.4. The van der Waals surface area contributed by atoms with Crippen molar-refractivity contribution in [3.63, 3.8) is 0 Å². The lowest BCUT2D eigenvalue weighted by Gasteiger charge is -2.41. The van der Waals surface area contributed by atoms with Crippen molar-refractivity contribution in [3.05, 3.63) is 0 Å². The molecule has 0 rings (SSSR count). The topological polar surface area (TPSA) is 77.8 Å². The Labute approximate surface area is 185 Å². The van der Waals surface area contributed by atoms with Gasteiger partial charge in [0, 0.05) is 6.42 Å². The standard InChI is InChI=1S/C25H49NO4/c1-4-7-10-11-12-13-14-15-16-17-22-26(21-9-6-3)25(24(29)30,19-8-5-2)20-18-23(27)28/h4-22H2,1-3H3,(H,27,28)(H,29,30)/t25-/m0/s1. The van der Waals surface area contributed by atoms with E-state index in [0.29, 0.717) is 6.42 Å². The predicted molar refractivity (Wildman–Crippen MR) is 125 cm³/mol. The molecule has 0 saturated carbocycles. The molecule has 0 aromatic heterocycles. The summed E-state index contributed by atoms with van der Waals surface area (Å²) in [5.74, 6) is -1.76. The number of carbonyl (C=O) groups is 2. The highest BCUT2D eigenvalue weighted by atomic mass is 16.4. The Morgan fingerprint density at radius 2 is 1.10 bits per heavy atom. The van der Waals surface area contributed by atoms with Gasteiger partial charge in [-0.2, -0.15) is 0 Å². The molecule has 0 fully saturated rings. The number of unbranched alkanes of at least 4 members (excludes halogenated alkanes) is 11. The van der Waals surface area contributed by atoms with Gasteiger partial charge < -0.3 is 10.2 Å². The van der Waals surface area contributed by atoms with Crippen molar-refractivity contribution >= 4 is 11.9 Å². The third-order valence-electron chi connectivity index (χ3n) is 6.26. The minimum absolute atomic E-state index is 0.0866. The van der Waals surface area contributed by atoms with Crippen LogP contribution in [0.3, 0.4) is 0 Å². The minimum atomic E-state index is -1.04. The Bertz CT molecular complexity index is 441. The van der Waals surface area contributed by atoms with E-state index in [4.69, 9.17) is 0 Å². The van der Waals surface area contributed by atoms with Crippen molar-refractivity contribution in [3.8, 4) is 0 Å². The largest absolute Gasteiger partial charge is 0.481 e. The van der Waals surface area contributed by atoms with Crippen LogP contribution in [0.2, 0.25) is 0 Å². The van der Waals surface area contributed by atoms with Crippen LogP contribution in [0.25, 0.3) is 0 Å². The van der Waals surface area contributed by atoms with Crippen molar-refractivity contribution < 1.29 is 19.8 Å². The van der Waals surface area contributed by atoms with Gasteiger partial charge in [-0.1, -0.05) is 97.8 Å². The molecule has 0 aromatic carbocycles. The quantitative estimate of drug-likeness (QED) is 0.184. The average Bonchev–Trinajstić information content (AvgIpc) is 2.72. The maximum Gasteiger partial charge on any atom is 0.324 e. The van der Waals surface area contributed by atoms with Crippen LogP contribution in [0.1, 0.15) is 130 Å². The number of nitrogens with zero attached hydrogens (tertiary/aromatic N) is 1. The first-order valence-corrected chi connectivity index (χ1v) is 12.6. The van der Waals surface area contributed by atoms with Crippen LogP contribution >= 0.6 is 0 Å². The SMILES string of the molecule is CCCCCCCCCCCCN(CCCC)[C@@](CCCC)(CCC(=O)O)C(=O)O. The van der Waals surface area contributed by atoms with Gasteiger partial charge in [-0.05, 0) is 38.8 Å². The average molecular weight is 428 g/mol. The van der Waals surface area contributed by atoms with Gasteiger partial charge in [0.25, 0.3) is 0 Å². The van der Waals surface area contributed by atoms with Crippen LogP contribution < -0.4 is 0 Å². The normalized spacial score (nSPS) is 13.5. The number of aliphatic carboxylic acids is 2. The number of hydrogen-bond acceptors (Lipinski definition) is 3. The first-order valence-electron chi connectivity index (χ1n) is 12.6. The fourth-order valence-electron chi connectivity index (χ4n) is 4.25. The number of carboxylic acid groups (broad SMARTS) is 2. The summed E-state index contributed by atoms with van der Waals surface area (Å²) in [5.41, 5.74) is -1.04. The smallest absolute Gasteiger partial charge is 0.324 e. The molecule has 0 amide bonds. The minimum Gasteiger partial charge on any atom is -0.481 e. The zero-order chi connectivity index (χ0) is 22.7. The van der Waals surface area contributed by atoms with Gasteiger partial charge >= 0.3 is 11.9 Å². The molecule has 5 heteroatoms. The Morgan fingerprint density at radius 1 is 0.633 bits per heavy atom. The molecule has 0 aliphatic carbocycles. The molecule has 0 radical (unpaired) electrons. The molecular weight excluding hydrogens is 378 g/mol. The molecular formula is C25H49NO4. The molecule has 0 unspecified atom stereocenters. The van der Waals surface area contributed by atoms with E-state index < -0.39 is 17.5 Å². The van der Waals surface area contributed by atoms with Gasteiger partial charge in [0.15, 0.2) is 0 Å². The van der Waals surface area contributed by atoms with Crippen molar-refractivity contribution in [2.45, 2.75) is 135 Å². The molecule has 0 saturated heterocycles. The molecule has 0 spiro atoms. The van der Waals surface area contributed by atoms with Crippen LogP contribution in [0.15, 0.2) is 0 Å². The molecule has 1 atom stereocenters. The molecule has 0 heterocycles. The molecule has 5 nitrogen and oxygen atoms in total. The third kappa shape index (κ3) is 12.6. The lowest BCUT2D eigenvalue weighted by molar-refractivity contribution is -0.154. The van der Waals surface area contributed by atoms with Crippen LogP contribution in [0.5, 0.6) is 0 Å². The van der Waals surface area contributed by atoms with Gasteiger partial charge in [0.1, 0.15) is 5.54 Å². The number of rotatable bonds is 22. The van der Waals surface area contributed by atoms with E-state index in [1.54, 1.807) is 0 Å². The van der Waals surface area contributed by atoms with E-state index in [1.165, 1.54) is 51.4 Å². The summed E-state index contributed by atoms with van der Waals surface area (Å²) < 4.78 is 0. The van der Waals surface area contributed by atoms with Gasteiger partial charge in [-0.25, -0.2) is 0 Å². The Hall–Kier alpha value is -1.10. The second-order valence-electron chi connectivity index (χ2n) is 8.86. The fourth-order valence-corrected chi connectivity index (χ4v) is 4.25. The third-order valence-corrected chi connectivity index (χ3v) is 6.26. The molecule has 0 aliphatic heterocycles. The Morgan fingerprint density at radius 3 is 1.57 bits per heavy atom. The summed E-state index contributed by atoms with van der Waals surface area (Å²) in [6.07, 6.45) is 16.9. The fraction of sp³-hybridized carbons (Fsp3) is 0.920. The molecule has 0 aliphatic rings. The maximum atomic E-state index is 12.4. The van der Waals surface area contributed by atoms with Gasteiger partial charge in [0.2, 0.25) is 0 Å². The summed E-state index contributed by atoms with van der Waals surface area (Å²) in [6.45, 7) is 7.91. The predicted octanol–water partition coefficient (Wildman–Crippen LogP) is 6.89. The molecule has 2 N–H and O–H groups in total. The Balaban J connectivity index is 4.74. The highest BCUT2D eigenvalue weighted by molar-refractivity contribution is 5.80. The highest BCUT2D eigenvalue weighted by Gasteiger charge is 2.43. The second kappa shape index (κ2) is 18.7. The zero-order valence-electron chi connectivity index (χ0n) is 20.1. The summed E-state index contributed by atoms with van der Waals surface area (Å²) in [6, 6.07) is 0. The van der Waals surface area contributed by atoms with Crippen molar-refractivity contribution in [1.29, 1.82) is 0 Å². The lowest BCUT2D eigenvalue weighted by Crippen LogP contribution is -2.55. The number of carboxylic acids is 2. The van der Waals surface area contributed by atoms with E-state index in [2.05, 4.69) is 25.7 Å². The van der Waals surface area contributed by atoms with Crippen molar-refractivity contribution in [2.75, 3.05) is 13.1 Å². The molecule has 0 bridgehead atoms. The van der Waals surface area contributed by atoms with Gasteiger partial charge in [-0.3, -0.25) is 14.5 Å². The van der Waals surface area contributed by atoms with Crippen LogP contribution in [-0.2, 0) is 9.59 Å². The molecule has 30 heavy (non-hydrogen) atoms. The van der Waals surface area contributed by atoms with Gasteiger partial charge in [0.05, 0.1) is 0 Å². The van der Waals surface area contributed by atoms with Crippen LogP contribution in [0, 0.1) is 0 Å². The number of hydrogen-bond donors (Lipinski definition) is 2. The van der Waals surface area contributed by atoms with Crippen molar-refractivity contribution in [1.82, 2.24) is 4.90 Å². The first-order chi connectivity index (χ1) is 14.4. The van der Waals surface area contributed by atoms with Gasteiger partial charge in [-0.15, -0.1) is 0 Å². The van der Waals surface area contributed by atoms with E-state index in [-0.39, 0.29) is 12.8 Å². The zero-order valence-corrected chi connectivity index (χ0v) is 20.1. The Kier molecular flexibility index (Phi) is 18.0. The summed E-state index contributed by atoms with van der Waals surface area (Å²) in [4.78, 5) is 25.7. The molecule has 0 aromatic rings. The van der Waals surface area contributed by atoms with E-state index in [9.17, 15) is 19.8 Å². The summed E-state index contributed by atoms with van der Waals surface area (Å²) >= 11 is 0. The van der Waals surface area contributed by atoms with E-state index >= 15 is 0 Å². The lowest BCUT2D eigenvalue weighted by atomic mass is 9.85. The van der Waals surface area contributed by atoms with E-state index in [1.807, 2.05) is 0 Å². The van der Waals surface area contributed by atoms with Crippen molar-refractivity contribution in [2.24, 2.45) is 0 Å². The monoisotopic (exact) mass is 427 g/mol. The summed E-state index contributed by atoms with van der Waals surface area (Å²) in [7, 11) is 0. The van der Waals surface area contributed by atoms with Crippen LogP contribution in [-0.4, -0.2) is 45.7 Å². The highest BCUT2D eigenvalue weighted by Crippen LogP contribution is 2.30. The molecule has 178 valence electrons. The van der Waals surface area contributed by atoms with E-state index in [0.717, 1.165) is 51.6 Å².